The highest BCUT2D eigenvalue weighted by Crippen LogP contribution is 2.38. The maximum absolute atomic E-state index is 12.6. The van der Waals surface area contributed by atoms with Crippen molar-refractivity contribution < 1.29 is 14.0 Å². The second-order valence-electron chi connectivity index (χ2n) is 6.13. The van der Waals surface area contributed by atoms with E-state index in [1.807, 2.05) is 14.0 Å². The Balaban J connectivity index is 1.78. The Morgan fingerprint density at radius 1 is 1.38 bits per heavy atom. The topological polar surface area (TPSA) is 93.3 Å². The largest absolute Gasteiger partial charge is 0.444 e. The summed E-state index contributed by atoms with van der Waals surface area (Å²) in [6, 6.07) is -0.303. The lowest BCUT2D eigenvalue weighted by Gasteiger charge is -2.24. The number of hydrogen-bond donors (Lipinski definition) is 1. The van der Waals surface area contributed by atoms with E-state index in [0.717, 1.165) is 11.3 Å². The molecule has 0 aromatic carbocycles. The molecule has 2 atom stereocenters. The monoisotopic (exact) mass is 331 g/mol. The first-order valence-electron chi connectivity index (χ1n) is 7.81. The Morgan fingerprint density at radius 3 is 2.71 bits per heavy atom. The van der Waals surface area contributed by atoms with Crippen molar-refractivity contribution in [2.45, 2.75) is 32.9 Å². The van der Waals surface area contributed by atoms with Gasteiger partial charge in [0.2, 0.25) is 11.8 Å². The molecule has 24 heavy (non-hydrogen) atoms. The molecule has 1 aliphatic heterocycles. The molecule has 3 heterocycles. The molecule has 0 bridgehead atoms. The van der Waals surface area contributed by atoms with Gasteiger partial charge in [0.15, 0.2) is 5.89 Å². The van der Waals surface area contributed by atoms with Gasteiger partial charge in [0.1, 0.15) is 5.76 Å². The predicted molar refractivity (Wildman–Crippen MR) is 84.6 cm³/mol. The lowest BCUT2D eigenvalue weighted by molar-refractivity contribution is -0.128. The van der Waals surface area contributed by atoms with Crippen molar-refractivity contribution in [2.75, 3.05) is 7.05 Å². The van der Waals surface area contributed by atoms with E-state index in [4.69, 9.17) is 4.42 Å². The molecule has 3 rings (SSSR count). The summed E-state index contributed by atoms with van der Waals surface area (Å²) in [6.07, 6.45) is 3.51. The Hall–Kier alpha value is -2.64. The minimum atomic E-state index is -0.450. The minimum Gasteiger partial charge on any atom is -0.444 e. The number of amides is 2. The van der Waals surface area contributed by atoms with Crippen molar-refractivity contribution in [3.05, 3.63) is 35.3 Å². The third-order valence-corrected chi connectivity index (χ3v) is 4.62. The van der Waals surface area contributed by atoms with E-state index in [1.54, 1.807) is 35.9 Å². The van der Waals surface area contributed by atoms with Crippen LogP contribution >= 0.6 is 0 Å². The van der Waals surface area contributed by atoms with E-state index in [0.29, 0.717) is 11.7 Å². The molecule has 1 aliphatic rings. The van der Waals surface area contributed by atoms with Crippen LogP contribution in [-0.4, -0.2) is 38.5 Å². The quantitative estimate of drug-likeness (QED) is 0.897. The van der Waals surface area contributed by atoms with Gasteiger partial charge in [-0.2, -0.15) is 5.10 Å². The molecule has 0 unspecified atom stereocenters. The number of aryl methyl sites for hydroxylation is 2. The zero-order chi connectivity index (χ0) is 17.4. The van der Waals surface area contributed by atoms with Gasteiger partial charge in [-0.3, -0.25) is 14.3 Å². The third-order valence-electron chi connectivity index (χ3n) is 4.62. The highest BCUT2D eigenvalue weighted by Gasteiger charge is 2.43. The minimum absolute atomic E-state index is 0.0427. The van der Waals surface area contributed by atoms with Crippen LogP contribution in [0.15, 0.2) is 16.8 Å². The highest BCUT2D eigenvalue weighted by atomic mass is 16.4. The van der Waals surface area contributed by atoms with Gasteiger partial charge in [0, 0.05) is 38.7 Å². The van der Waals surface area contributed by atoms with Crippen molar-refractivity contribution in [3.8, 4) is 0 Å². The predicted octanol–water partition coefficient (Wildman–Crippen LogP) is 0.861. The van der Waals surface area contributed by atoms with Crippen LogP contribution in [0.1, 0.15) is 35.4 Å². The van der Waals surface area contributed by atoms with Crippen molar-refractivity contribution in [3.63, 3.8) is 0 Å². The Labute approximate surface area is 139 Å². The summed E-state index contributed by atoms with van der Waals surface area (Å²) in [5.74, 6) is 0.481. The Kier molecular flexibility index (Phi) is 4.13. The first kappa shape index (κ1) is 16.2. The SMILES string of the molecule is Cc1ncc(CNC(=O)[C@H]2CC(=O)N(C)[C@@H]2c2cnn(C)c2C)o1. The van der Waals surface area contributed by atoms with Crippen molar-refractivity contribution in [2.24, 2.45) is 13.0 Å². The summed E-state index contributed by atoms with van der Waals surface area (Å²) in [6.45, 7) is 3.94. The lowest BCUT2D eigenvalue weighted by Crippen LogP contribution is -2.34. The Morgan fingerprint density at radius 2 is 2.12 bits per heavy atom. The summed E-state index contributed by atoms with van der Waals surface area (Å²) < 4.78 is 7.10. The maximum Gasteiger partial charge on any atom is 0.226 e. The zero-order valence-electron chi connectivity index (χ0n) is 14.2. The fourth-order valence-electron chi connectivity index (χ4n) is 3.13. The number of carbonyl (C=O) groups is 2. The average Bonchev–Trinajstić information content (AvgIpc) is 3.19. The summed E-state index contributed by atoms with van der Waals surface area (Å²) in [5, 5.41) is 7.08. The fourth-order valence-corrected chi connectivity index (χ4v) is 3.13. The molecule has 1 N–H and O–H groups in total. The summed E-state index contributed by atoms with van der Waals surface area (Å²) >= 11 is 0. The Bertz CT molecular complexity index is 779. The number of oxazole rings is 1. The van der Waals surface area contributed by atoms with Crippen LogP contribution in [0.2, 0.25) is 0 Å². The van der Waals surface area contributed by atoms with Crippen LogP contribution in [-0.2, 0) is 23.2 Å². The van der Waals surface area contributed by atoms with E-state index in [-0.39, 0.29) is 30.8 Å². The van der Waals surface area contributed by atoms with Gasteiger partial charge in [-0.1, -0.05) is 0 Å². The molecule has 0 aliphatic carbocycles. The lowest BCUT2D eigenvalue weighted by atomic mass is 9.93. The van der Waals surface area contributed by atoms with Crippen molar-refractivity contribution >= 4 is 11.8 Å². The average molecular weight is 331 g/mol. The van der Waals surface area contributed by atoms with E-state index in [2.05, 4.69) is 15.4 Å². The number of carbonyl (C=O) groups excluding carboxylic acids is 2. The van der Waals surface area contributed by atoms with Crippen LogP contribution in [0, 0.1) is 19.8 Å². The van der Waals surface area contributed by atoms with E-state index >= 15 is 0 Å². The van der Waals surface area contributed by atoms with E-state index < -0.39 is 5.92 Å². The van der Waals surface area contributed by atoms with Gasteiger partial charge in [0.25, 0.3) is 0 Å². The number of rotatable bonds is 4. The van der Waals surface area contributed by atoms with Gasteiger partial charge in [-0.15, -0.1) is 0 Å². The van der Waals surface area contributed by atoms with Gasteiger partial charge >= 0.3 is 0 Å². The molecule has 0 saturated carbocycles. The molecule has 8 heteroatoms. The molecule has 128 valence electrons. The van der Waals surface area contributed by atoms with Gasteiger partial charge in [-0.25, -0.2) is 4.98 Å². The summed E-state index contributed by atoms with van der Waals surface area (Å²) in [7, 11) is 3.57. The van der Waals surface area contributed by atoms with Crippen LogP contribution in [0.25, 0.3) is 0 Å². The van der Waals surface area contributed by atoms with E-state index in [9.17, 15) is 9.59 Å². The van der Waals surface area contributed by atoms with Crippen LogP contribution in [0.4, 0.5) is 0 Å². The normalized spacial score (nSPS) is 20.7. The van der Waals surface area contributed by atoms with Crippen LogP contribution in [0.5, 0.6) is 0 Å². The van der Waals surface area contributed by atoms with E-state index in [1.165, 1.54) is 0 Å². The first-order chi connectivity index (χ1) is 11.4. The molecule has 1 saturated heterocycles. The molecule has 2 aromatic heterocycles. The summed E-state index contributed by atoms with van der Waals surface area (Å²) in [4.78, 5) is 30.4. The first-order valence-corrected chi connectivity index (χ1v) is 7.81. The van der Waals surface area contributed by atoms with Gasteiger partial charge in [0.05, 0.1) is 30.9 Å². The molecule has 1 fully saturated rings. The molecule has 2 aromatic rings. The molecule has 8 nitrogen and oxygen atoms in total. The molecule has 0 spiro atoms. The zero-order valence-corrected chi connectivity index (χ0v) is 14.2. The van der Waals surface area contributed by atoms with Gasteiger partial charge < -0.3 is 14.6 Å². The summed E-state index contributed by atoms with van der Waals surface area (Å²) in [5.41, 5.74) is 1.85. The fraction of sp³-hybridized carbons (Fsp3) is 0.500. The number of hydrogen-bond acceptors (Lipinski definition) is 5. The number of aromatic nitrogens is 3. The smallest absolute Gasteiger partial charge is 0.226 e. The van der Waals surface area contributed by atoms with Crippen molar-refractivity contribution in [1.29, 1.82) is 0 Å². The molecule has 0 radical (unpaired) electrons. The second kappa shape index (κ2) is 6.10. The van der Waals surface area contributed by atoms with Crippen LogP contribution < -0.4 is 5.32 Å². The number of likely N-dealkylation sites (tertiary alicyclic amines) is 1. The van der Waals surface area contributed by atoms with Gasteiger partial charge in [-0.05, 0) is 6.92 Å². The van der Waals surface area contributed by atoms with Crippen molar-refractivity contribution in [1.82, 2.24) is 25.0 Å². The molecule has 2 amide bonds. The number of nitrogens with zero attached hydrogens (tertiary/aromatic N) is 4. The third kappa shape index (κ3) is 2.79. The number of nitrogens with one attached hydrogen (secondary N) is 1. The van der Waals surface area contributed by atoms with Crippen LogP contribution in [0.3, 0.4) is 0 Å². The molecular weight excluding hydrogens is 310 g/mol. The highest BCUT2D eigenvalue weighted by molar-refractivity contribution is 5.90. The second-order valence-corrected chi connectivity index (χ2v) is 6.13. The maximum atomic E-state index is 12.6. The standard InChI is InChI=1S/C16H21N5O3/c1-9-13(8-19-21(9)4)15-12(5-14(22)20(15)3)16(23)18-7-11-6-17-10(2)24-11/h6,8,12,15H,5,7H2,1-4H3,(H,18,23)/t12-,15-/m0/s1. The molecular formula is C16H21N5O3.